The molecule has 0 fully saturated rings. The molecule has 0 spiro atoms. The van der Waals surface area contributed by atoms with Crippen LogP contribution in [-0.2, 0) is 19.5 Å². The Kier molecular flexibility index (Phi) is 3.63. The van der Waals surface area contributed by atoms with Gasteiger partial charge < -0.3 is 5.73 Å². The Labute approximate surface area is 103 Å². The summed E-state index contributed by atoms with van der Waals surface area (Å²) in [7, 11) is 0. The number of nitrogens with zero attached hydrogens (tertiary/aromatic N) is 4. The number of non-ortho nitro benzene ring substituents is 1. The molecule has 94 valence electrons. The van der Waals surface area contributed by atoms with Gasteiger partial charge in [-0.05, 0) is 12.0 Å². The van der Waals surface area contributed by atoms with Crippen molar-refractivity contribution in [3.63, 3.8) is 0 Å². The van der Waals surface area contributed by atoms with Crippen LogP contribution in [0.3, 0.4) is 0 Å². The minimum atomic E-state index is -0.408. The van der Waals surface area contributed by atoms with Crippen LogP contribution in [0.5, 0.6) is 0 Å². The number of rotatable bonds is 5. The predicted octanol–water partition coefficient (Wildman–Crippen LogP) is 0.888. The molecule has 2 aromatic rings. The molecule has 0 saturated carbocycles. The van der Waals surface area contributed by atoms with E-state index in [0.717, 1.165) is 17.7 Å². The van der Waals surface area contributed by atoms with Crippen LogP contribution in [0.15, 0.2) is 30.5 Å². The lowest BCUT2D eigenvalue weighted by atomic mass is 10.1. The Balaban J connectivity index is 1.95. The van der Waals surface area contributed by atoms with E-state index in [1.807, 2.05) is 0 Å². The maximum absolute atomic E-state index is 10.5. The first-order valence-electron chi connectivity index (χ1n) is 5.51. The fraction of sp³-hybridized carbons (Fsp3) is 0.273. The highest BCUT2D eigenvalue weighted by Gasteiger charge is 2.04. The first-order valence-corrected chi connectivity index (χ1v) is 5.51. The number of hydrogen-bond donors (Lipinski definition) is 1. The van der Waals surface area contributed by atoms with E-state index < -0.39 is 4.92 Å². The summed E-state index contributed by atoms with van der Waals surface area (Å²) in [5, 5.41) is 18.3. The summed E-state index contributed by atoms with van der Waals surface area (Å²) in [4.78, 5) is 10.1. The molecule has 0 bridgehead atoms. The second-order valence-corrected chi connectivity index (χ2v) is 3.85. The van der Waals surface area contributed by atoms with Crippen LogP contribution in [-0.4, -0.2) is 19.9 Å². The summed E-state index contributed by atoms with van der Waals surface area (Å²) < 4.78 is 1.71. The van der Waals surface area contributed by atoms with Crippen molar-refractivity contribution in [2.24, 2.45) is 5.73 Å². The molecule has 18 heavy (non-hydrogen) atoms. The normalized spacial score (nSPS) is 10.5. The molecule has 1 aromatic carbocycles. The molecule has 2 rings (SSSR count). The second-order valence-electron chi connectivity index (χ2n) is 3.85. The van der Waals surface area contributed by atoms with Crippen LogP contribution in [0, 0.1) is 10.1 Å². The van der Waals surface area contributed by atoms with E-state index in [4.69, 9.17) is 5.73 Å². The van der Waals surface area contributed by atoms with Gasteiger partial charge in [-0.3, -0.25) is 14.8 Å². The van der Waals surface area contributed by atoms with Crippen LogP contribution >= 0.6 is 0 Å². The molecular weight excluding hydrogens is 234 g/mol. The monoisotopic (exact) mass is 247 g/mol. The smallest absolute Gasteiger partial charge is 0.269 e. The molecular formula is C11H13N5O2. The summed E-state index contributed by atoms with van der Waals surface area (Å²) in [6, 6.07) is 6.50. The largest absolute Gasteiger partial charge is 0.325 e. The molecule has 0 aliphatic carbocycles. The van der Waals surface area contributed by atoms with E-state index in [9.17, 15) is 10.1 Å². The molecule has 0 saturated heterocycles. The maximum Gasteiger partial charge on any atom is 0.269 e. The molecule has 7 heteroatoms. The number of nitro groups is 1. The van der Waals surface area contributed by atoms with Crippen molar-refractivity contribution in [3.8, 4) is 0 Å². The molecule has 0 aliphatic heterocycles. The third-order valence-corrected chi connectivity index (χ3v) is 2.57. The van der Waals surface area contributed by atoms with Gasteiger partial charge in [0.25, 0.3) is 5.69 Å². The Morgan fingerprint density at radius 3 is 2.61 bits per heavy atom. The number of benzene rings is 1. The number of nitrogens with two attached hydrogens (primary N) is 1. The Morgan fingerprint density at radius 1 is 1.33 bits per heavy atom. The van der Waals surface area contributed by atoms with Gasteiger partial charge >= 0.3 is 0 Å². The lowest BCUT2D eigenvalue weighted by Crippen LogP contribution is -2.02. The third-order valence-electron chi connectivity index (χ3n) is 2.57. The zero-order valence-corrected chi connectivity index (χ0v) is 9.69. The maximum atomic E-state index is 10.5. The average molecular weight is 247 g/mol. The average Bonchev–Trinajstić information content (AvgIpc) is 2.85. The van der Waals surface area contributed by atoms with Crippen molar-refractivity contribution in [1.29, 1.82) is 0 Å². The van der Waals surface area contributed by atoms with Gasteiger partial charge in [0.1, 0.15) is 0 Å². The van der Waals surface area contributed by atoms with Crippen molar-refractivity contribution in [2.45, 2.75) is 19.5 Å². The van der Waals surface area contributed by atoms with E-state index in [1.165, 1.54) is 12.1 Å². The topological polar surface area (TPSA) is 99.9 Å². The minimum Gasteiger partial charge on any atom is -0.325 e. The fourth-order valence-electron chi connectivity index (χ4n) is 1.57. The van der Waals surface area contributed by atoms with Gasteiger partial charge in [0.05, 0.1) is 10.6 Å². The summed E-state index contributed by atoms with van der Waals surface area (Å²) in [6.45, 7) is 1.04. The number of nitro benzene ring substituents is 1. The van der Waals surface area contributed by atoms with Gasteiger partial charge in [-0.25, -0.2) is 0 Å². The standard InChI is InChI=1S/C11H13N5O2/c12-7-10-8-15(14-13-10)6-5-9-1-3-11(4-2-9)16(17)18/h1-4,8H,5-7,12H2. The predicted molar refractivity (Wildman–Crippen MR) is 64.7 cm³/mol. The lowest BCUT2D eigenvalue weighted by Gasteiger charge is -2.01. The second kappa shape index (κ2) is 5.37. The fourth-order valence-corrected chi connectivity index (χ4v) is 1.57. The summed E-state index contributed by atoms with van der Waals surface area (Å²) in [6.07, 6.45) is 2.54. The van der Waals surface area contributed by atoms with Gasteiger partial charge in [0.2, 0.25) is 0 Å². The van der Waals surface area contributed by atoms with Crippen molar-refractivity contribution in [1.82, 2.24) is 15.0 Å². The molecule has 0 aliphatic rings. The van der Waals surface area contributed by atoms with Gasteiger partial charge in [-0.1, -0.05) is 17.3 Å². The molecule has 0 amide bonds. The van der Waals surface area contributed by atoms with E-state index in [-0.39, 0.29) is 5.69 Å². The Hall–Kier alpha value is -2.28. The van der Waals surface area contributed by atoms with Crippen molar-refractivity contribution >= 4 is 5.69 Å². The number of hydrogen-bond acceptors (Lipinski definition) is 5. The van der Waals surface area contributed by atoms with Gasteiger partial charge in [0, 0.05) is 31.4 Å². The number of aryl methyl sites for hydroxylation is 2. The van der Waals surface area contributed by atoms with Crippen molar-refractivity contribution in [3.05, 3.63) is 51.8 Å². The first-order chi connectivity index (χ1) is 8.69. The zero-order valence-electron chi connectivity index (χ0n) is 9.69. The van der Waals surface area contributed by atoms with Gasteiger partial charge in [-0.15, -0.1) is 5.10 Å². The van der Waals surface area contributed by atoms with Gasteiger partial charge in [-0.2, -0.15) is 0 Å². The van der Waals surface area contributed by atoms with Crippen molar-refractivity contribution in [2.75, 3.05) is 0 Å². The van der Waals surface area contributed by atoms with E-state index in [1.54, 1.807) is 23.0 Å². The highest BCUT2D eigenvalue weighted by atomic mass is 16.6. The van der Waals surface area contributed by atoms with Crippen molar-refractivity contribution < 1.29 is 4.92 Å². The van der Waals surface area contributed by atoms with E-state index in [0.29, 0.717) is 13.1 Å². The van der Waals surface area contributed by atoms with Crippen LogP contribution in [0.2, 0.25) is 0 Å². The third kappa shape index (κ3) is 2.89. The lowest BCUT2D eigenvalue weighted by molar-refractivity contribution is -0.384. The zero-order chi connectivity index (χ0) is 13.0. The van der Waals surface area contributed by atoms with Crippen LogP contribution in [0.25, 0.3) is 0 Å². The molecule has 0 unspecified atom stereocenters. The Morgan fingerprint density at radius 2 is 2.06 bits per heavy atom. The highest BCUT2D eigenvalue weighted by Crippen LogP contribution is 2.12. The molecule has 1 heterocycles. The quantitative estimate of drug-likeness (QED) is 0.624. The van der Waals surface area contributed by atoms with E-state index >= 15 is 0 Å². The van der Waals surface area contributed by atoms with Gasteiger partial charge in [0.15, 0.2) is 0 Å². The summed E-state index contributed by atoms with van der Waals surface area (Å²) in [5.41, 5.74) is 7.31. The number of aromatic nitrogens is 3. The summed E-state index contributed by atoms with van der Waals surface area (Å²) >= 11 is 0. The SMILES string of the molecule is NCc1cn(CCc2ccc([N+](=O)[O-])cc2)nn1. The minimum absolute atomic E-state index is 0.102. The Bertz CT molecular complexity index is 535. The first kappa shape index (κ1) is 12.2. The molecule has 0 radical (unpaired) electrons. The highest BCUT2D eigenvalue weighted by molar-refractivity contribution is 5.32. The molecule has 1 aromatic heterocycles. The summed E-state index contributed by atoms with van der Waals surface area (Å²) in [5.74, 6) is 0. The molecule has 7 nitrogen and oxygen atoms in total. The molecule has 0 atom stereocenters. The van der Waals surface area contributed by atoms with Crippen LogP contribution < -0.4 is 5.73 Å². The van der Waals surface area contributed by atoms with Crippen LogP contribution in [0.1, 0.15) is 11.3 Å². The van der Waals surface area contributed by atoms with E-state index in [2.05, 4.69) is 10.3 Å². The van der Waals surface area contributed by atoms with Crippen LogP contribution in [0.4, 0.5) is 5.69 Å². The molecule has 2 N–H and O–H groups in total.